The van der Waals surface area contributed by atoms with Crippen LogP contribution in [0.2, 0.25) is 0 Å². The van der Waals surface area contributed by atoms with Gasteiger partial charge in [-0.1, -0.05) is 133 Å². The molecule has 0 aliphatic carbocycles. The van der Waals surface area contributed by atoms with Gasteiger partial charge in [0.2, 0.25) is 0 Å². The quantitative estimate of drug-likeness (QED) is 0.171. The first-order valence-corrected chi connectivity index (χ1v) is 18.2. The van der Waals surface area contributed by atoms with Crippen molar-refractivity contribution in [3.05, 3.63) is 194 Å². The van der Waals surface area contributed by atoms with Gasteiger partial charge in [-0.25, -0.2) is 0 Å². The number of aromatic nitrogens is 1. The number of thiophene rings is 1. The Labute approximate surface area is 300 Å². The molecule has 2 nitrogen and oxygen atoms in total. The average Bonchev–Trinajstić information content (AvgIpc) is 3.75. The van der Waals surface area contributed by atoms with Crippen molar-refractivity contribution in [3.63, 3.8) is 0 Å². The summed E-state index contributed by atoms with van der Waals surface area (Å²) in [6.07, 6.45) is 0. The van der Waals surface area contributed by atoms with Crippen molar-refractivity contribution in [3.8, 4) is 27.9 Å². The summed E-state index contributed by atoms with van der Waals surface area (Å²) in [5.41, 5.74) is 11.8. The highest BCUT2D eigenvalue weighted by Crippen LogP contribution is 2.43. The van der Waals surface area contributed by atoms with Gasteiger partial charge in [-0.2, -0.15) is 0 Å². The van der Waals surface area contributed by atoms with E-state index in [4.69, 9.17) is 0 Å². The van der Waals surface area contributed by atoms with Crippen LogP contribution in [0.5, 0.6) is 0 Å². The van der Waals surface area contributed by atoms with Gasteiger partial charge in [-0.05, 0) is 77.4 Å². The van der Waals surface area contributed by atoms with Gasteiger partial charge in [0.15, 0.2) is 0 Å². The van der Waals surface area contributed by atoms with E-state index in [-0.39, 0.29) is 0 Å². The first kappa shape index (κ1) is 29.5. The molecule has 51 heavy (non-hydrogen) atoms. The van der Waals surface area contributed by atoms with Crippen molar-refractivity contribution in [2.45, 2.75) is 0 Å². The molecule has 2 aromatic heterocycles. The van der Waals surface area contributed by atoms with Gasteiger partial charge < -0.3 is 9.47 Å². The third-order valence-electron chi connectivity index (χ3n) is 9.98. The summed E-state index contributed by atoms with van der Waals surface area (Å²) >= 11 is 1.86. The maximum atomic E-state index is 2.41. The molecule has 0 atom stereocenters. The van der Waals surface area contributed by atoms with Crippen LogP contribution in [-0.2, 0) is 0 Å². The molecule has 240 valence electrons. The summed E-state index contributed by atoms with van der Waals surface area (Å²) in [5.74, 6) is 0. The van der Waals surface area contributed by atoms with Gasteiger partial charge >= 0.3 is 0 Å². The molecule has 0 amide bonds. The molecule has 0 unspecified atom stereocenters. The van der Waals surface area contributed by atoms with Gasteiger partial charge in [0.05, 0.1) is 11.0 Å². The van der Waals surface area contributed by atoms with E-state index in [0.29, 0.717) is 0 Å². The van der Waals surface area contributed by atoms with Crippen molar-refractivity contribution in [1.29, 1.82) is 0 Å². The summed E-state index contributed by atoms with van der Waals surface area (Å²) in [7, 11) is 0. The first-order valence-electron chi connectivity index (χ1n) is 17.4. The predicted octanol–water partition coefficient (Wildman–Crippen LogP) is 14.0. The standard InChI is InChI=1S/C48H32N2S/c1-3-13-33(14-4-1)35-15-11-18-38(31-35)49(39-29-30-43-42-20-8-10-24-46(42)51-47(43)32-39)37-27-25-34(26-28-37)40-21-12-22-44-41-19-7-9-23-45(41)50(48(40)44)36-16-5-2-6-17-36/h1-32H. The Bertz CT molecular complexity index is 2850. The van der Waals surface area contributed by atoms with E-state index in [2.05, 4.69) is 204 Å². The molecule has 8 aromatic carbocycles. The number of fused-ring (bicyclic) bond motifs is 6. The van der Waals surface area contributed by atoms with Crippen LogP contribution in [0.1, 0.15) is 0 Å². The molecule has 0 fully saturated rings. The summed E-state index contributed by atoms with van der Waals surface area (Å²) in [6.45, 7) is 0. The highest BCUT2D eigenvalue weighted by atomic mass is 32.1. The second-order valence-electron chi connectivity index (χ2n) is 13.0. The molecule has 0 bridgehead atoms. The molecule has 0 N–H and O–H groups in total. The molecule has 10 rings (SSSR count). The highest BCUT2D eigenvalue weighted by molar-refractivity contribution is 7.25. The topological polar surface area (TPSA) is 8.17 Å². The number of rotatable bonds is 6. The molecule has 3 heteroatoms. The van der Waals surface area contributed by atoms with Crippen LogP contribution in [0, 0.1) is 0 Å². The fourth-order valence-electron chi connectivity index (χ4n) is 7.64. The molecule has 0 aliphatic heterocycles. The molecule has 0 saturated carbocycles. The van der Waals surface area contributed by atoms with Gasteiger partial charge in [-0.15, -0.1) is 11.3 Å². The number of anilines is 3. The molecule has 0 spiro atoms. The van der Waals surface area contributed by atoms with E-state index in [9.17, 15) is 0 Å². The second kappa shape index (κ2) is 12.2. The molecule has 10 aromatic rings. The smallest absolute Gasteiger partial charge is 0.0619 e. The lowest BCUT2D eigenvalue weighted by Crippen LogP contribution is -2.10. The number of para-hydroxylation sites is 3. The normalized spacial score (nSPS) is 11.5. The molecule has 0 aliphatic rings. The number of nitrogens with zero attached hydrogens (tertiary/aromatic N) is 2. The van der Waals surface area contributed by atoms with Crippen LogP contribution < -0.4 is 4.90 Å². The van der Waals surface area contributed by atoms with E-state index in [1.807, 2.05) is 11.3 Å². The zero-order chi connectivity index (χ0) is 33.7. The first-order chi connectivity index (χ1) is 25.3. The molecular weight excluding hydrogens is 637 g/mol. The van der Waals surface area contributed by atoms with Crippen molar-refractivity contribution in [1.82, 2.24) is 4.57 Å². The average molecular weight is 669 g/mol. The van der Waals surface area contributed by atoms with Crippen LogP contribution in [0.15, 0.2) is 194 Å². The summed E-state index contributed by atoms with van der Waals surface area (Å²) in [5, 5.41) is 5.13. The van der Waals surface area contributed by atoms with Crippen molar-refractivity contribution in [2.75, 3.05) is 4.90 Å². The van der Waals surface area contributed by atoms with Crippen molar-refractivity contribution in [2.24, 2.45) is 0 Å². The monoisotopic (exact) mass is 668 g/mol. The summed E-state index contributed by atoms with van der Waals surface area (Å²) in [4.78, 5) is 2.39. The minimum absolute atomic E-state index is 1.11. The van der Waals surface area contributed by atoms with Crippen LogP contribution >= 0.6 is 11.3 Å². The van der Waals surface area contributed by atoms with E-state index in [0.717, 1.165) is 22.7 Å². The fraction of sp³-hybridized carbons (Fsp3) is 0. The van der Waals surface area contributed by atoms with Crippen molar-refractivity contribution < 1.29 is 0 Å². The minimum atomic E-state index is 1.11. The highest BCUT2D eigenvalue weighted by Gasteiger charge is 2.19. The number of benzene rings is 8. The number of hydrogen-bond acceptors (Lipinski definition) is 2. The van der Waals surface area contributed by atoms with Crippen molar-refractivity contribution >= 4 is 70.4 Å². The largest absolute Gasteiger partial charge is 0.310 e. The Morgan fingerprint density at radius 1 is 0.373 bits per heavy atom. The lowest BCUT2D eigenvalue weighted by molar-refractivity contribution is 1.18. The van der Waals surface area contributed by atoms with Gasteiger partial charge in [0, 0.05) is 59.3 Å². The fourth-order valence-corrected chi connectivity index (χ4v) is 8.78. The third kappa shape index (κ3) is 5.01. The Kier molecular flexibility index (Phi) is 7.04. The number of hydrogen-bond donors (Lipinski definition) is 0. The van der Waals surface area contributed by atoms with Crippen LogP contribution in [0.25, 0.3) is 69.9 Å². The molecular formula is C48H32N2S. The Hall–Kier alpha value is -6.42. The molecule has 0 radical (unpaired) electrons. The van der Waals surface area contributed by atoms with E-state index < -0.39 is 0 Å². The minimum Gasteiger partial charge on any atom is -0.310 e. The summed E-state index contributed by atoms with van der Waals surface area (Å²) < 4.78 is 5.01. The lowest BCUT2D eigenvalue weighted by Gasteiger charge is -2.26. The Balaban J connectivity index is 1.14. The van der Waals surface area contributed by atoms with E-state index in [1.165, 1.54) is 64.2 Å². The van der Waals surface area contributed by atoms with E-state index >= 15 is 0 Å². The summed E-state index contributed by atoms with van der Waals surface area (Å²) in [6, 6.07) is 70.4. The van der Waals surface area contributed by atoms with E-state index in [1.54, 1.807) is 0 Å². The van der Waals surface area contributed by atoms with Crippen LogP contribution in [0.3, 0.4) is 0 Å². The lowest BCUT2D eigenvalue weighted by atomic mass is 10.0. The molecule has 2 heterocycles. The van der Waals surface area contributed by atoms with Gasteiger partial charge in [0.1, 0.15) is 0 Å². The van der Waals surface area contributed by atoms with Crippen LogP contribution in [0.4, 0.5) is 17.1 Å². The van der Waals surface area contributed by atoms with Gasteiger partial charge in [0.25, 0.3) is 0 Å². The third-order valence-corrected chi connectivity index (χ3v) is 11.1. The molecule has 0 saturated heterocycles. The second-order valence-corrected chi connectivity index (χ2v) is 14.1. The van der Waals surface area contributed by atoms with Crippen LogP contribution in [-0.4, -0.2) is 4.57 Å². The maximum absolute atomic E-state index is 2.41. The maximum Gasteiger partial charge on any atom is 0.0619 e. The Morgan fingerprint density at radius 2 is 1.00 bits per heavy atom. The zero-order valence-corrected chi connectivity index (χ0v) is 28.6. The predicted molar refractivity (Wildman–Crippen MR) is 219 cm³/mol. The van der Waals surface area contributed by atoms with Gasteiger partial charge in [-0.3, -0.25) is 0 Å². The SMILES string of the molecule is c1ccc(-c2cccc(N(c3ccc(-c4cccc5c6ccccc6n(-c6ccccc6)c45)cc3)c3ccc4c(c3)sc3ccccc34)c2)cc1. The zero-order valence-electron chi connectivity index (χ0n) is 27.8. The Morgan fingerprint density at radius 3 is 1.84 bits per heavy atom.